The highest BCUT2D eigenvalue weighted by molar-refractivity contribution is 6.06. The summed E-state index contributed by atoms with van der Waals surface area (Å²) < 4.78 is 45.2. The molecule has 37 heavy (non-hydrogen) atoms. The summed E-state index contributed by atoms with van der Waals surface area (Å²) in [4.78, 5) is 24.2. The lowest BCUT2D eigenvalue weighted by Gasteiger charge is -2.39. The molecule has 0 unspecified atom stereocenters. The van der Waals surface area contributed by atoms with Crippen LogP contribution in [0.3, 0.4) is 0 Å². The van der Waals surface area contributed by atoms with Crippen LogP contribution in [-0.4, -0.2) is 54.9 Å². The predicted molar refractivity (Wildman–Crippen MR) is 134 cm³/mol. The number of fused-ring (bicyclic) bond motifs is 3. The molecular weight excluding hydrogens is 483 g/mol. The molecule has 3 aliphatic heterocycles. The van der Waals surface area contributed by atoms with Crippen LogP contribution in [0.5, 0.6) is 0 Å². The first-order chi connectivity index (χ1) is 17.9. The molecule has 1 aromatic heterocycles. The van der Waals surface area contributed by atoms with Gasteiger partial charge in [-0.25, -0.2) is 9.78 Å². The van der Waals surface area contributed by atoms with Crippen molar-refractivity contribution in [2.75, 3.05) is 48.0 Å². The van der Waals surface area contributed by atoms with Gasteiger partial charge in [0.2, 0.25) is 0 Å². The average Bonchev–Trinajstić information content (AvgIpc) is 3.09. The standard InChI is InChI=1S/C27H26F3N5O2/c28-27(29,30)20-5-2-4-19(16-20)22-7-8-23-25(32-22)35(24-9-10-34(23)24)26(36)31-21-6-1-3-18(15-21)17-33-11-13-37-14-12-33/h1-8,15-16,24H,9-14,17H2,(H,31,36)/t24-/m0/s1. The smallest absolute Gasteiger partial charge is 0.379 e. The minimum absolute atomic E-state index is 0.157. The highest BCUT2D eigenvalue weighted by Crippen LogP contribution is 2.45. The van der Waals surface area contributed by atoms with Crippen LogP contribution < -0.4 is 15.1 Å². The fourth-order valence-corrected chi connectivity index (χ4v) is 5.10. The lowest BCUT2D eigenvalue weighted by atomic mass is 10.1. The van der Waals surface area contributed by atoms with Gasteiger partial charge in [0.05, 0.1) is 30.2 Å². The molecule has 0 saturated carbocycles. The third-order valence-electron chi connectivity index (χ3n) is 7.07. The van der Waals surface area contributed by atoms with Crippen LogP contribution in [0.2, 0.25) is 0 Å². The quantitative estimate of drug-likeness (QED) is 0.525. The minimum Gasteiger partial charge on any atom is -0.379 e. The number of rotatable bonds is 4. The maximum absolute atomic E-state index is 13.5. The lowest BCUT2D eigenvalue weighted by Crippen LogP contribution is -2.56. The zero-order chi connectivity index (χ0) is 25.6. The van der Waals surface area contributed by atoms with E-state index in [1.54, 1.807) is 17.0 Å². The number of aromatic nitrogens is 1. The van der Waals surface area contributed by atoms with E-state index in [1.807, 2.05) is 30.3 Å². The van der Waals surface area contributed by atoms with Crippen LogP contribution in [0.25, 0.3) is 11.3 Å². The molecule has 6 rings (SSSR count). The van der Waals surface area contributed by atoms with E-state index in [4.69, 9.17) is 4.74 Å². The Kier molecular flexibility index (Phi) is 6.00. The number of benzene rings is 2. The van der Waals surface area contributed by atoms with Crippen molar-refractivity contribution in [2.45, 2.75) is 25.3 Å². The Balaban J connectivity index is 1.24. The van der Waals surface area contributed by atoms with E-state index >= 15 is 0 Å². The summed E-state index contributed by atoms with van der Waals surface area (Å²) in [6, 6.07) is 16.1. The number of urea groups is 1. The Morgan fingerprint density at radius 2 is 1.84 bits per heavy atom. The van der Waals surface area contributed by atoms with Crippen molar-refractivity contribution >= 4 is 23.2 Å². The van der Waals surface area contributed by atoms with Crippen molar-refractivity contribution in [1.29, 1.82) is 0 Å². The first-order valence-electron chi connectivity index (χ1n) is 12.3. The van der Waals surface area contributed by atoms with Crippen molar-refractivity contribution in [3.05, 3.63) is 71.8 Å². The summed E-state index contributed by atoms with van der Waals surface area (Å²) in [5.41, 5.74) is 2.59. The van der Waals surface area contributed by atoms with E-state index in [2.05, 4.69) is 20.1 Å². The molecule has 7 nitrogen and oxygen atoms in total. The van der Waals surface area contributed by atoms with Gasteiger partial charge in [-0.15, -0.1) is 0 Å². The molecule has 2 aromatic carbocycles. The summed E-state index contributed by atoms with van der Waals surface area (Å²) >= 11 is 0. The molecule has 2 amide bonds. The highest BCUT2D eigenvalue weighted by Gasteiger charge is 2.46. The number of carbonyl (C=O) groups is 1. The van der Waals surface area contributed by atoms with Crippen molar-refractivity contribution in [3.63, 3.8) is 0 Å². The number of nitrogens with one attached hydrogen (secondary N) is 1. The van der Waals surface area contributed by atoms with Gasteiger partial charge in [-0.2, -0.15) is 13.2 Å². The summed E-state index contributed by atoms with van der Waals surface area (Å²) in [6.07, 6.45) is -3.81. The van der Waals surface area contributed by atoms with Gasteiger partial charge in [-0.3, -0.25) is 9.80 Å². The third-order valence-corrected chi connectivity index (χ3v) is 7.07. The molecule has 3 aromatic rings. The van der Waals surface area contributed by atoms with Crippen LogP contribution in [0.4, 0.5) is 35.2 Å². The number of morpholine rings is 1. The molecule has 1 atom stereocenters. The Hall–Kier alpha value is -3.63. The number of ether oxygens (including phenoxy) is 1. The Morgan fingerprint density at radius 3 is 2.59 bits per heavy atom. The number of alkyl halides is 3. The molecule has 2 fully saturated rings. The molecule has 0 bridgehead atoms. The average molecular weight is 510 g/mol. The van der Waals surface area contributed by atoms with Gasteiger partial charge in [0.1, 0.15) is 6.17 Å². The van der Waals surface area contributed by atoms with Crippen LogP contribution in [-0.2, 0) is 17.5 Å². The number of hydrogen-bond acceptors (Lipinski definition) is 5. The number of halogens is 3. The molecule has 10 heteroatoms. The van der Waals surface area contributed by atoms with Crippen LogP contribution in [0.1, 0.15) is 17.5 Å². The largest absolute Gasteiger partial charge is 0.416 e. The highest BCUT2D eigenvalue weighted by atomic mass is 19.4. The van der Waals surface area contributed by atoms with Crippen molar-refractivity contribution in [1.82, 2.24) is 9.88 Å². The van der Waals surface area contributed by atoms with E-state index in [0.29, 0.717) is 22.8 Å². The van der Waals surface area contributed by atoms with E-state index in [9.17, 15) is 18.0 Å². The molecular formula is C27H26F3N5O2. The maximum atomic E-state index is 13.5. The second-order valence-electron chi connectivity index (χ2n) is 9.47. The van der Waals surface area contributed by atoms with Gasteiger partial charge in [0.25, 0.3) is 0 Å². The molecule has 0 radical (unpaired) electrons. The first-order valence-corrected chi connectivity index (χ1v) is 12.3. The van der Waals surface area contributed by atoms with Crippen LogP contribution in [0, 0.1) is 0 Å². The fourth-order valence-electron chi connectivity index (χ4n) is 5.10. The minimum atomic E-state index is -4.44. The molecule has 1 N–H and O–H groups in total. The number of pyridine rings is 1. The number of anilines is 3. The van der Waals surface area contributed by atoms with Crippen LogP contribution in [0.15, 0.2) is 60.7 Å². The zero-order valence-corrected chi connectivity index (χ0v) is 20.0. The van der Waals surface area contributed by atoms with Gasteiger partial charge in [-0.05, 0) is 42.0 Å². The Bertz CT molecular complexity index is 1330. The SMILES string of the molecule is O=C(Nc1cccc(CN2CCOCC2)c1)N1c2nc(-c3cccc(C(F)(F)F)c3)ccc2N2CC[C@@H]21. The summed E-state index contributed by atoms with van der Waals surface area (Å²) in [6.45, 7) is 4.76. The molecule has 3 aliphatic rings. The van der Waals surface area contributed by atoms with E-state index in [-0.39, 0.29) is 12.2 Å². The van der Waals surface area contributed by atoms with Gasteiger partial charge >= 0.3 is 12.2 Å². The molecule has 0 spiro atoms. The predicted octanol–water partition coefficient (Wildman–Crippen LogP) is 5.19. The van der Waals surface area contributed by atoms with Crippen molar-refractivity contribution < 1.29 is 22.7 Å². The van der Waals surface area contributed by atoms with Gasteiger partial charge in [-0.1, -0.05) is 24.3 Å². The van der Waals surface area contributed by atoms with E-state index in [1.165, 1.54) is 6.07 Å². The Labute approximate surface area is 212 Å². The van der Waals surface area contributed by atoms with Crippen molar-refractivity contribution in [3.8, 4) is 11.3 Å². The monoisotopic (exact) mass is 509 g/mol. The molecule has 2 saturated heterocycles. The van der Waals surface area contributed by atoms with E-state index < -0.39 is 11.7 Å². The summed E-state index contributed by atoms with van der Waals surface area (Å²) in [7, 11) is 0. The van der Waals surface area contributed by atoms with Gasteiger partial charge in [0.15, 0.2) is 5.82 Å². The lowest BCUT2D eigenvalue weighted by molar-refractivity contribution is -0.137. The first kappa shape index (κ1) is 23.7. The molecule has 0 aliphatic carbocycles. The molecule has 192 valence electrons. The third kappa shape index (κ3) is 4.62. The number of hydrogen-bond donors (Lipinski definition) is 1. The fraction of sp³-hybridized carbons (Fsp3) is 0.333. The summed E-state index contributed by atoms with van der Waals surface area (Å²) in [5, 5.41) is 3.00. The number of amides is 2. The number of carbonyl (C=O) groups excluding carboxylic acids is 1. The van der Waals surface area contributed by atoms with Gasteiger partial charge in [0, 0.05) is 43.9 Å². The summed E-state index contributed by atoms with van der Waals surface area (Å²) in [5.74, 6) is 0.458. The van der Waals surface area contributed by atoms with Crippen molar-refractivity contribution in [2.24, 2.45) is 0 Å². The normalized spacial score (nSPS) is 19.3. The zero-order valence-electron chi connectivity index (χ0n) is 20.0. The molecule has 4 heterocycles. The topological polar surface area (TPSA) is 60.9 Å². The van der Waals surface area contributed by atoms with E-state index in [0.717, 1.165) is 69.2 Å². The second kappa shape index (κ2) is 9.35. The second-order valence-corrected chi connectivity index (χ2v) is 9.47. The number of nitrogens with zero attached hydrogens (tertiary/aromatic N) is 4. The Morgan fingerprint density at radius 1 is 1.03 bits per heavy atom. The van der Waals surface area contributed by atoms with Crippen LogP contribution >= 0.6 is 0 Å². The maximum Gasteiger partial charge on any atom is 0.416 e. The van der Waals surface area contributed by atoms with Gasteiger partial charge < -0.3 is 15.0 Å².